The molecule has 2 amide bonds. The second kappa shape index (κ2) is 10.5. The van der Waals surface area contributed by atoms with Crippen LogP contribution in [0.4, 0.5) is 5.69 Å². The van der Waals surface area contributed by atoms with Crippen molar-refractivity contribution in [2.75, 3.05) is 11.9 Å². The fourth-order valence-electron chi connectivity index (χ4n) is 2.63. The van der Waals surface area contributed by atoms with Gasteiger partial charge in [0.1, 0.15) is 5.75 Å². The summed E-state index contributed by atoms with van der Waals surface area (Å²) in [6.07, 6.45) is 4.04. The van der Waals surface area contributed by atoms with E-state index in [0.717, 1.165) is 10.9 Å². The standard InChI is InChI=1S/C20H22BrClN6O3/c1-3-8-23-20(30)18-16(11-27(4-2)26-18)24-19(29)15-7-9-28(25-15)12-31-17-6-5-13(21)10-14(17)22/h5-7,9-11H,3-4,8,12H2,1-2H3,(H,23,30)(H,24,29). The predicted molar refractivity (Wildman–Crippen MR) is 120 cm³/mol. The Morgan fingerprint density at radius 2 is 1.97 bits per heavy atom. The number of halogens is 2. The molecule has 2 N–H and O–H groups in total. The molecule has 0 fully saturated rings. The zero-order chi connectivity index (χ0) is 22.4. The normalized spacial score (nSPS) is 10.7. The van der Waals surface area contributed by atoms with Crippen LogP contribution >= 0.6 is 27.5 Å². The van der Waals surface area contributed by atoms with Crippen LogP contribution in [0.3, 0.4) is 0 Å². The summed E-state index contributed by atoms with van der Waals surface area (Å²) >= 11 is 9.48. The molecule has 0 spiro atoms. The van der Waals surface area contributed by atoms with E-state index < -0.39 is 5.91 Å². The Hall–Kier alpha value is -2.85. The van der Waals surface area contributed by atoms with Gasteiger partial charge >= 0.3 is 0 Å². The van der Waals surface area contributed by atoms with Crippen LogP contribution in [0.15, 0.2) is 41.1 Å². The van der Waals surface area contributed by atoms with E-state index in [4.69, 9.17) is 16.3 Å². The zero-order valence-electron chi connectivity index (χ0n) is 17.1. The Morgan fingerprint density at radius 1 is 1.16 bits per heavy atom. The Balaban J connectivity index is 1.67. The quantitative estimate of drug-likeness (QED) is 0.455. The van der Waals surface area contributed by atoms with Gasteiger partial charge in [-0.15, -0.1) is 0 Å². The molecule has 2 aromatic heterocycles. The smallest absolute Gasteiger partial charge is 0.276 e. The minimum atomic E-state index is -0.458. The molecule has 0 saturated carbocycles. The Morgan fingerprint density at radius 3 is 2.68 bits per heavy atom. The number of nitrogens with zero attached hydrogens (tertiary/aromatic N) is 4. The van der Waals surface area contributed by atoms with Crippen LogP contribution in [-0.2, 0) is 13.3 Å². The number of carbonyl (C=O) groups excluding carboxylic acids is 2. The first kappa shape index (κ1) is 22.8. The number of aryl methyl sites for hydroxylation is 1. The molecule has 9 nitrogen and oxygen atoms in total. The van der Waals surface area contributed by atoms with Crippen molar-refractivity contribution in [1.82, 2.24) is 24.9 Å². The SMILES string of the molecule is CCCNC(=O)c1nn(CC)cc1NC(=O)c1ccn(COc2ccc(Br)cc2Cl)n1. The highest BCUT2D eigenvalue weighted by molar-refractivity contribution is 9.10. The van der Waals surface area contributed by atoms with Crippen LogP contribution in [0.25, 0.3) is 0 Å². The minimum Gasteiger partial charge on any atom is -0.470 e. The largest absolute Gasteiger partial charge is 0.470 e. The number of carbonyl (C=O) groups is 2. The summed E-state index contributed by atoms with van der Waals surface area (Å²) in [4.78, 5) is 25.0. The van der Waals surface area contributed by atoms with Crippen molar-refractivity contribution in [1.29, 1.82) is 0 Å². The first-order valence-corrected chi connectivity index (χ1v) is 10.9. The van der Waals surface area contributed by atoms with Crippen LogP contribution < -0.4 is 15.4 Å². The van der Waals surface area contributed by atoms with Crippen molar-refractivity contribution in [2.45, 2.75) is 33.5 Å². The van der Waals surface area contributed by atoms with Crippen LogP contribution in [0.5, 0.6) is 5.75 Å². The summed E-state index contributed by atoms with van der Waals surface area (Å²) in [5.41, 5.74) is 0.666. The first-order chi connectivity index (χ1) is 14.9. The Bertz CT molecular complexity index is 1080. The molecule has 31 heavy (non-hydrogen) atoms. The second-order valence-electron chi connectivity index (χ2n) is 6.55. The number of aromatic nitrogens is 4. The van der Waals surface area contributed by atoms with E-state index >= 15 is 0 Å². The lowest BCUT2D eigenvalue weighted by Crippen LogP contribution is -2.26. The van der Waals surface area contributed by atoms with Crippen LogP contribution in [0, 0.1) is 0 Å². The van der Waals surface area contributed by atoms with E-state index in [0.29, 0.717) is 29.5 Å². The van der Waals surface area contributed by atoms with Gasteiger partial charge in [0.05, 0.1) is 10.7 Å². The number of hydrogen-bond donors (Lipinski definition) is 2. The lowest BCUT2D eigenvalue weighted by atomic mass is 10.3. The third-order valence-corrected chi connectivity index (χ3v) is 4.99. The van der Waals surface area contributed by atoms with E-state index in [2.05, 4.69) is 36.8 Å². The summed E-state index contributed by atoms with van der Waals surface area (Å²) in [5.74, 6) is -0.295. The fourth-order valence-corrected chi connectivity index (χ4v) is 3.36. The van der Waals surface area contributed by atoms with Gasteiger partial charge in [-0.1, -0.05) is 34.5 Å². The lowest BCUT2D eigenvalue weighted by Gasteiger charge is -2.08. The molecule has 0 atom stereocenters. The third-order valence-electron chi connectivity index (χ3n) is 4.20. The van der Waals surface area contributed by atoms with Gasteiger partial charge in [-0.2, -0.15) is 10.2 Å². The van der Waals surface area contributed by atoms with E-state index in [9.17, 15) is 9.59 Å². The van der Waals surface area contributed by atoms with Crippen molar-refractivity contribution < 1.29 is 14.3 Å². The maximum atomic E-state index is 12.7. The van der Waals surface area contributed by atoms with Gasteiger partial charge in [0.25, 0.3) is 11.8 Å². The summed E-state index contributed by atoms with van der Waals surface area (Å²) in [5, 5.41) is 14.4. The number of nitrogens with one attached hydrogen (secondary N) is 2. The zero-order valence-corrected chi connectivity index (χ0v) is 19.4. The van der Waals surface area contributed by atoms with Crippen molar-refractivity contribution >= 4 is 45.0 Å². The van der Waals surface area contributed by atoms with Gasteiger partial charge < -0.3 is 15.4 Å². The number of anilines is 1. The van der Waals surface area contributed by atoms with Gasteiger partial charge in [-0.25, -0.2) is 4.68 Å². The topological polar surface area (TPSA) is 103 Å². The molecule has 164 valence electrons. The summed E-state index contributed by atoms with van der Waals surface area (Å²) in [6.45, 7) is 5.02. The average molecular weight is 510 g/mol. The number of ether oxygens (including phenoxy) is 1. The molecule has 0 aliphatic carbocycles. The number of rotatable bonds is 9. The van der Waals surface area contributed by atoms with Crippen molar-refractivity contribution in [3.05, 3.63) is 57.5 Å². The Labute approximate surface area is 192 Å². The van der Waals surface area contributed by atoms with E-state index in [1.54, 1.807) is 35.3 Å². The maximum absolute atomic E-state index is 12.7. The molecule has 3 aromatic rings. The second-order valence-corrected chi connectivity index (χ2v) is 7.87. The highest BCUT2D eigenvalue weighted by Crippen LogP contribution is 2.27. The van der Waals surface area contributed by atoms with Crippen LogP contribution in [0.1, 0.15) is 41.2 Å². The molecule has 0 saturated heterocycles. The van der Waals surface area contributed by atoms with Crippen LogP contribution in [-0.4, -0.2) is 37.9 Å². The molecule has 1 aromatic carbocycles. The van der Waals surface area contributed by atoms with E-state index in [-0.39, 0.29) is 24.0 Å². The highest BCUT2D eigenvalue weighted by Gasteiger charge is 2.20. The molecule has 3 rings (SSSR count). The Kier molecular flexibility index (Phi) is 7.69. The van der Waals surface area contributed by atoms with Crippen molar-refractivity contribution in [3.63, 3.8) is 0 Å². The lowest BCUT2D eigenvalue weighted by molar-refractivity contribution is 0.0948. The van der Waals surface area contributed by atoms with Gasteiger partial charge in [-0.05, 0) is 37.6 Å². The molecular formula is C20H22BrClN6O3. The summed E-state index contributed by atoms with van der Waals surface area (Å²) in [6, 6.07) is 6.83. The average Bonchev–Trinajstić information content (AvgIpc) is 3.38. The molecule has 0 radical (unpaired) electrons. The van der Waals surface area contributed by atoms with Crippen LogP contribution in [0.2, 0.25) is 5.02 Å². The van der Waals surface area contributed by atoms with E-state index in [1.165, 1.54) is 4.68 Å². The van der Waals surface area contributed by atoms with Gasteiger partial charge in [0.2, 0.25) is 0 Å². The molecule has 2 heterocycles. The highest BCUT2D eigenvalue weighted by atomic mass is 79.9. The fraction of sp³-hybridized carbons (Fsp3) is 0.300. The monoisotopic (exact) mass is 508 g/mol. The summed E-state index contributed by atoms with van der Waals surface area (Å²) in [7, 11) is 0. The predicted octanol–water partition coefficient (Wildman–Crippen LogP) is 3.94. The van der Waals surface area contributed by atoms with Gasteiger partial charge in [0.15, 0.2) is 18.1 Å². The molecule has 0 aliphatic rings. The molecular weight excluding hydrogens is 488 g/mol. The number of benzene rings is 1. The minimum absolute atomic E-state index is 0.0765. The molecule has 0 unspecified atom stereocenters. The van der Waals surface area contributed by atoms with Gasteiger partial charge in [-0.3, -0.25) is 14.3 Å². The summed E-state index contributed by atoms with van der Waals surface area (Å²) < 4.78 is 9.55. The maximum Gasteiger partial charge on any atom is 0.276 e. The van der Waals surface area contributed by atoms with Crippen molar-refractivity contribution in [3.8, 4) is 5.75 Å². The number of amides is 2. The van der Waals surface area contributed by atoms with Crippen molar-refractivity contribution in [2.24, 2.45) is 0 Å². The van der Waals surface area contributed by atoms with E-state index in [1.807, 2.05) is 19.9 Å². The molecule has 0 bridgehead atoms. The number of hydrogen-bond acceptors (Lipinski definition) is 5. The third kappa shape index (κ3) is 5.86. The molecule has 11 heteroatoms. The van der Waals surface area contributed by atoms with Gasteiger partial charge in [0, 0.05) is 30.0 Å². The first-order valence-electron chi connectivity index (χ1n) is 9.69. The molecule has 0 aliphatic heterocycles.